The maximum Gasteiger partial charge on any atom is 0.0323 e. The van der Waals surface area contributed by atoms with E-state index in [9.17, 15) is 0 Å². The molecule has 1 atom stereocenters. The van der Waals surface area contributed by atoms with Crippen molar-refractivity contribution < 1.29 is 0 Å². The van der Waals surface area contributed by atoms with E-state index in [1.165, 1.54) is 38.2 Å². The van der Waals surface area contributed by atoms with Crippen molar-refractivity contribution in [2.24, 2.45) is 5.92 Å². The molecule has 1 saturated heterocycles. The molecule has 0 radical (unpaired) electrons. The fourth-order valence-corrected chi connectivity index (χ4v) is 2.96. The lowest BCUT2D eigenvalue weighted by Crippen LogP contribution is -2.46. The highest BCUT2D eigenvalue weighted by molar-refractivity contribution is 5.18. The van der Waals surface area contributed by atoms with Crippen molar-refractivity contribution in [3.8, 4) is 0 Å². The first kappa shape index (κ1) is 16.5. The fraction of sp³-hybridized carbons (Fsp3) is 0.667. The van der Waals surface area contributed by atoms with E-state index in [2.05, 4.69) is 66.3 Å². The van der Waals surface area contributed by atoms with Gasteiger partial charge in [0.25, 0.3) is 0 Å². The van der Waals surface area contributed by atoms with Crippen molar-refractivity contribution in [2.75, 3.05) is 46.3 Å². The molecule has 3 heteroatoms. The third kappa shape index (κ3) is 5.77. The highest BCUT2D eigenvalue weighted by Crippen LogP contribution is 2.20. The summed E-state index contributed by atoms with van der Waals surface area (Å²) in [6.07, 6.45) is 1.20. The Balaban J connectivity index is 1.79. The average molecular weight is 289 g/mol. The van der Waals surface area contributed by atoms with E-state index in [0.717, 1.165) is 13.1 Å². The summed E-state index contributed by atoms with van der Waals surface area (Å²) in [5.74, 6) is 0.714. The first-order valence-electron chi connectivity index (χ1n) is 8.34. The van der Waals surface area contributed by atoms with E-state index >= 15 is 0 Å². The van der Waals surface area contributed by atoms with Crippen LogP contribution in [0, 0.1) is 5.92 Å². The molecule has 0 spiro atoms. The Morgan fingerprint density at radius 2 is 1.71 bits per heavy atom. The summed E-state index contributed by atoms with van der Waals surface area (Å²) in [7, 11) is 2.21. The second-order valence-corrected chi connectivity index (χ2v) is 6.69. The van der Waals surface area contributed by atoms with Crippen LogP contribution in [0.2, 0.25) is 0 Å². The maximum absolute atomic E-state index is 3.77. The third-order valence-corrected chi connectivity index (χ3v) is 4.32. The Morgan fingerprint density at radius 3 is 2.33 bits per heavy atom. The lowest BCUT2D eigenvalue weighted by molar-refractivity contribution is 0.153. The summed E-state index contributed by atoms with van der Waals surface area (Å²) in [5.41, 5.74) is 1.42. The molecule has 1 unspecified atom stereocenters. The summed E-state index contributed by atoms with van der Waals surface area (Å²) in [6.45, 7) is 11.7. The first-order valence-corrected chi connectivity index (χ1v) is 8.34. The van der Waals surface area contributed by atoms with Crippen LogP contribution in [-0.4, -0.2) is 56.1 Å². The number of piperazine rings is 1. The minimum absolute atomic E-state index is 0.485. The Kier molecular flexibility index (Phi) is 6.68. The molecule has 118 valence electrons. The van der Waals surface area contributed by atoms with Crippen LogP contribution >= 0.6 is 0 Å². The zero-order valence-corrected chi connectivity index (χ0v) is 13.9. The van der Waals surface area contributed by atoms with Gasteiger partial charge in [-0.1, -0.05) is 44.2 Å². The number of nitrogens with one attached hydrogen (secondary N) is 1. The van der Waals surface area contributed by atoms with Crippen LogP contribution in [0.25, 0.3) is 0 Å². The second kappa shape index (κ2) is 8.52. The Morgan fingerprint density at radius 1 is 1.05 bits per heavy atom. The van der Waals surface area contributed by atoms with Gasteiger partial charge in [-0.2, -0.15) is 0 Å². The summed E-state index contributed by atoms with van der Waals surface area (Å²) < 4.78 is 0. The molecule has 2 rings (SSSR count). The Bertz CT molecular complexity index is 383. The highest BCUT2D eigenvalue weighted by Gasteiger charge is 2.15. The van der Waals surface area contributed by atoms with Crippen LogP contribution in [0.4, 0.5) is 0 Å². The zero-order valence-electron chi connectivity index (χ0n) is 13.9. The van der Waals surface area contributed by atoms with Gasteiger partial charge in [0.15, 0.2) is 0 Å². The SMILES string of the molecule is CC(C)CC(NCCN1CCN(C)CC1)c1ccccc1. The fourth-order valence-electron chi connectivity index (χ4n) is 2.96. The quantitative estimate of drug-likeness (QED) is 0.832. The van der Waals surface area contributed by atoms with E-state index in [4.69, 9.17) is 0 Å². The van der Waals surface area contributed by atoms with Crippen LogP contribution in [0.3, 0.4) is 0 Å². The van der Waals surface area contributed by atoms with Gasteiger partial charge in [-0.15, -0.1) is 0 Å². The molecule has 0 bridgehead atoms. The molecule has 0 amide bonds. The van der Waals surface area contributed by atoms with E-state index in [0.29, 0.717) is 12.0 Å². The molecule has 0 aromatic heterocycles. The van der Waals surface area contributed by atoms with Crippen molar-refractivity contribution in [2.45, 2.75) is 26.3 Å². The molecule has 1 N–H and O–H groups in total. The van der Waals surface area contributed by atoms with Gasteiger partial charge >= 0.3 is 0 Å². The molecule has 1 fully saturated rings. The summed E-state index contributed by atoms with van der Waals surface area (Å²) in [4.78, 5) is 4.99. The number of likely N-dealkylation sites (N-methyl/N-ethyl adjacent to an activating group) is 1. The topological polar surface area (TPSA) is 18.5 Å². The number of hydrogen-bond donors (Lipinski definition) is 1. The normalized spacial score (nSPS) is 19.0. The summed E-state index contributed by atoms with van der Waals surface area (Å²) >= 11 is 0. The second-order valence-electron chi connectivity index (χ2n) is 6.69. The van der Waals surface area contributed by atoms with Crippen LogP contribution in [-0.2, 0) is 0 Å². The van der Waals surface area contributed by atoms with Crippen molar-refractivity contribution in [3.05, 3.63) is 35.9 Å². The number of nitrogens with zero attached hydrogens (tertiary/aromatic N) is 2. The molecular weight excluding hydrogens is 258 g/mol. The zero-order chi connectivity index (χ0) is 15.1. The van der Waals surface area contributed by atoms with Crippen LogP contribution in [0.15, 0.2) is 30.3 Å². The first-order chi connectivity index (χ1) is 10.1. The van der Waals surface area contributed by atoms with Crippen molar-refractivity contribution in [1.29, 1.82) is 0 Å². The molecule has 1 aliphatic rings. The largest absolute Gasteiger partial charge is 0.309 e. The van der Waals surface area contributed by atoms with Gasteiger partial charge in [-0.3, -0.25) is 4.90 Å². The Hall–Kier alpha value is -0.900. The van der Waals surface area contributed by atoms with Crippen LogP contribution < -0.4 is 5.32 Å². The predicted molar refractivity (Wildman–Crippen MR) is 90.6 cm³/mol. The minimum Gasteiger partial charge on any atom is -0.309 e. The average Bonchev–Trinajstić information content (AvgIpc) is 2.49. The number of benzene rings is 1. The van der Waals surface area contributed by atoms with Crippen molar-refractivity contribution in [3.63, 3.8) is 0 Å². The smallest absolute Gasteiger partial charge is 0.0323 e. The van der Waals surface area contributed by atoms with E-state index in [1.54, 1.807) is 0 Å². The molecule has 0 aliphatic carbocycles. The van der Waals surface area contributed by atoms with E-state index in [1.807, 2.05) is 0 Å². The predicted octanol–water partition coefficient (Wildman–Crippen LogP) is 2.61. The van der Waals surface area contributed by atoms with Gasteiger partial charge in [-0.25, -0.2) is 0 Å². The van der Waals surface area contributed by atoms with Crippen molar-refractivity contribution in [1.82, 2.24) is 15.1 Å². The molecule has 1 aliphatic heterocycles. The monoisotopic (exact) mass is 289 g/mol. The van der Waals surface area contributed by atoms with E-state index < -0.39 is 0 Å². The van der Waals surface area contributed by atoms with E-state index in [-0.39, 0.29) is 0 Å². The van der Waals surface area contributed by atoms with Gasteiger partial charge in [0, 0.05) is 45.3 Å². The van der Waals surface area contributed by atoms with Crippen molar-refractivity contribution >= 4 is 0 Å². The maximum atomic E-state index is 3.77. The van der Waals surface area contributed by atoms with Gasteiger partial charge in [0.1, 0.15) is 0 Å². The molecule has 3 nitrogen and oxygen atoms in total. The van der Waals surface area contributed by atoms with Gasteiger partial charge in [0.05, 0.1) is 0 Å². The number of hydrogen-bond acceptors (Lipinski definition) is 3. The summed E-state index contributed by atoms with van der Waals surface area (Å²) in [5, 5.41) is 3.77. The third-order valence-electron chi connectivity index (χ3n) is 4.32. The minimum atomic E-state index is 0.485. The molecule has 1 aromatic rings. The lowest BCUT2D eigenvalue weighted by Gasteiger charge is -2.33. The van der Waals surface area contributed by atoms with Gasteiger partial charge in [-0.05, 0) is 24.9 Å². The Labute approximate surface area is 130 Å². The molecular formula is C18H31N3. The number of rotatable bonds is 7. The molecule has 21 heavy (non-hydrogen) atoms. The lowest BCUT2D eigenvalue weighted by atomic mass is 9.97. The highest BCUT2D eigenvalue weighted by atomic mass is 15.2. The standard InChI is InChI=1S/C18H31N3/c1-16(2)15-18(17-7-5-4-6-8-17)19-9-10-21-13-11-20(3)12-14-21/h4-8,16,18-19H,9-15H2,1-3H3. The molecule has 0 saturated carbocycles. The van der Waals surface area contributed by atoms with Gasteiger partial charge in [0.2, 0.25) is 0 Å². The van der Waals surface area contributed by atoms with Gasteiger partial charge < -0.3 is 10.2 Å². The van der Waals surface area contributed by atoms with Crippen LogP contribution in [0.5, 0.6) is 0 Å². The molecule has 1 heterocycles. The van der Waals surface area contributed by atoms with Crippen LogP contribution in [0.1, 0.15) is 31.9 Å². The summed E-state index contributed by atoms with van der Waals surface area (Å²) in [6, 6.07) is 11.4. The molecule has 1 aromatic carbocycles.